The maximum Gasteiger partial charge on any atom is 0.446 e. The van der Waals surface area contributed by atoms with E-state index in [4.69, 9.17) is 14.0 Å². The van der Waals surface area contributed by atoms with Crippen LogP contribution in [0, 0.1) is 0 Å². The molecule has 0 spiro atoms. The summed E-state index contributed by atoms with van der Waals surface area (Å²) in [7, 11) is -4.62. The third kappa shape index (κ3) is 2.98. The fourth-order valence-corrected chi connectivity index (χ4v) is 3.22. The van der Waals surface area contributed by atoms with Crippen molar-refractivity contribution in [3.63, 3.8) is 0 Å². The summed E-state index contributed by atoms with van der Waals surface area (Å²) in [6.07, 6.45) is 0. The first-order valence-corrected chi connectivity index (χ1v) is 9.13. The van der Waals surface area contributed by atoms with Gasteiger partial charge in [0.05, 0.1) is 0 Å². The third-order valence-corrected chi connectivity index (χ3v) is 4.33. The first-order valence-electron chi connectivity index (χ1n) is 7.76. The number of rotatable bonds is 4. The smallest absolute Gasteiger partial charge is 0.440 e. The van der Waals surface area contributed by atoms with E-state index >= 15 is 0 Å². The lowest BCUT2D eigenvalue weighted by atomic mass is 9.97. The molecule has 0 bridgehead atoms. The molecule has 0 atom stereocenters. The van der Waals surface area contributed by atoms with E-state index in [0.29, 0.717) is 11.5 Å². The lowest BCUT2D eigenvalue weighted by Crippen LogP contribution is -2.36. The largest absolute Gasteiger partial charge is 0.446 e. The molecule has 0 aliphatic carbocycles. The van der Waals surface area contributed by atoms with Crippen LogP contribution in [-0.4, -0.2) is 13.0 Å². The van der Waals surface area contributed by atoms with Crippen molar-refractivity contribution in [3.8, 4) is 17.2 Å². The minimum Gasteiger partial charge on any atom is -0.440 e. The van der Waals surface area contributed by atoms with Gasteiger partial charge in [0.2, 0.25) is 0 Å². The van der Waals surface area contributed by atoms with Crippen LogP contribution in [0.5, 0.6) is 17.2 Å². The maximum absolute atomic E-state index is 10.9. The van der Waals surface area contributed by atoms with Crippen molar-refractivity contribution in [3.05, 3.63) is 90.0 Å². The van der Waals surface area contributed by atoms with Crippen LogP contribution in [-0.2, 0) is 16.2 Å². The van der Waals surface area contributed by atoms with Crippen LogP contribution in [0.15, 0.2) is 78.9 Å². The van der Waals surface area contributed by atoms with Gasteiger partial charge in [0.1, 0.15) is 5.75 Å². The average Bonchev–Trinajstić information content (AvgIpc) is 3.02. The molecule has 0 unspecified atom stereocenters. The summed E-state index contributed by atoms with van der Waals surface area (Å²) in [5.74, 6) is -0.548. The number of hydrogen-bond donors (Lipinski definition) is 1. The topological polar surface area (TPSA) is 82.1 Å². The lowest BCUT2D eigenvalue weighted by Gasteiger charge is -2.28. The molecule has 1 aliphatic rings. The highest BCUT2D eigenvalue weighted by Gasteiger charge is 2.45. The van der Waals surface area contributed by atoms with Crippen LogP contribution in [0.3, 0.4) is 0 Å². The Kier molecular flexibility index (Phi) is 3.82. The minimum absolute atomic E-state index is 0.0771. The Bertz CT molecular complexity index is 993. The molecule has 1 heterocycles. The van der Waals surface area contributed by atoms with Gasteiger partial charge in [-0.25, -0.2) is 0 Å². The van der Waals surface area contributed by atoms with E-state index in [1.807, 2.05) is 60.7 Å². The molecule has 4 rings (SSSR count). The van der Waals surface area contributed by atoms with E-state index < -0.39 is 16.2 Å². The van der Waals surface area contributed by atoms with Gasteiger partial charge in [0.25, 0.3) is 0 Å². The number of benzene rings is 3. The average molecular weight is 370 g/mol. The molecule has 0 saturated heterocycles. The second-order valence-electron chi connectivity index (χ2n) is 5.67. The zero-order valence-corrected chi connectivity index (χ0v) is 14.2. The summed E-state index contributed by atoms with van der Waals surface area (Å²) >= 11 is 0. The van der Waals surface area contributed by atoms with E-state index in [0.717, 1.165) is 11.1 Å². The van der Waals surface area contributed by atoms with Gasteiger partial charge < -0.3 is 13.7 Å². The van der Waals surface area contributed by atoms with Crippen LogP contribution in [0.2, 0.25) is 0 Å². The summed E-state index contributed by atoms with van der Waals surface area (Å²) in [5, 5.41) is 0. The molecule has 0 aromatic heterocycles. The number of ether oxygens (including phenoxy) is 2. The summed E-state index contributed by atoms with van der Waals surface area (Å²) in [6, 6.07) is 23.1. The monoisotopic (exact) mass is 370 g/mol. The quantitative estimate of drug-likeness (QED) is 0.708. The van der Waals surface area contributed by atoms with Crippen LogP contribution >= 0.6 is 0 Å². The molecule has 6 nitrogen and oxygen atoms in total. The predicted molar refractivity (Wildman–Crippen MR) is 93.5 cm³/mol. The Morgan fingerprint density at radius 3 is 1.85 bits per heavy atom. The fourth-order valence-electron chi connectivity index (χ4n) is 2.87. The van der Waals surface area contributed by atoms with E-state index in [1.54, 1.807) is 0 Å². The molecule has 1 aliphatic heterocycles. The highest BCUT2D eigenvalue weighted by molar-refractivity contribution is 7.81. The van der Waals surface area contributed by atoms with Gasteiger partial charge >= 0.3 is 16.2 Å². The second kappa shape index (κ2) is 6.05. The van der Waals surface area contributed by atoms with Crippen molar-refractivity contribution in [2.75, 3.05) is 0 Å². The molecule has 0 amide bonds. The summed E-state index contributed by atoms with van der Waals surface area (Å²) in [5.41, 5.74) is 1.55. The van der Waals surface area contributed by atoms with Crippen LogP contribution in [0.1, 0.15) is 11.1 Å². The molecule has 132 valence electrons. The highest BCUT2D eigenvalue weighted by atomic mass is 32.3. The van der Waals surface area contributed by atoms with Gasteiger partial charge in [0.15, 0.2) is 11.5 Å². The SMILES string of the molecule is O=S(=O)(O)Oc1ccc2c(c1)OC(c1ccccc1)(c1ccccc1)O2. The van der Waals surface area contributed by atoms with Crippen molar-refractivity contribution in [1.29, 1.82) is 0 Å². The fraction of sp³-hybridized carbons (Fsp3) is 0.0526. The molecule has 1 N–H and O–H groups in total. The molecule has 26 heavy (non-hydrogen) atoms. The van der Waals surface area contributed by atoms with Crippen molar-refractivity contribution >= 4 is 10.4 Å². The van der Waals surface area contributed by atoms with Gasteiger partial charge in [-0.3, -0.25) is 4.55 Å². The molecule has 0 radical (unpaired) electrons. The maximum atomic E-state index is 10.9. The van der Waals surface area contributed by atoms with Gasteiger partial charge in [-0.05, 0) is 12.1 Å². The van der Waals surface area contributed by atoms with E-state index in [-0.39, 0.29) is 5.75 Å². The van der Waals surface area contributed by atoms with Crippen LogP contribution in [0.4, 0.5) is 0 Å². The highest BCUT2D eigenvalue weighted by Crippen LogP contribution is 2.48. The number of fused-ring (bicyclic) bond motifs is 1. The zero-order chi connectivity index (χ0) is 18.2. The molecular formula is C19H14O6S. The van der Waals surface area contributed by atoms with Gasteiger partial charge in [-0.15, -0.1) is 0 Å². The Balaban J connectivity index is 1.80. The Labute approximate surface area is 150 Å². The van der Waals surface area contributed by atoms with Crippen LogP contribution in [0.25, 0.3) is 0 Å². The molecule has 0 fully saturated rings. The zero-order valence-electron chi connectivity index (χ0n) is 13.4. The third-order valence-electron chi connectivity index (χ3n) is 3.93. The van der Waals surface area contributed by atoms with Crippen LogP contribution < -0.4 is 13.7 Å². The van der Waals surface area contributed by atoms with E-state index in [2.05, 4.69) is 4.18 Å². The Hall–Kier alpha value is -3.03. The molecular weight excluding hydrogens is 356 g/mol. The van der Waals surface area contributed by atoms with Crippen molar-refractivity contribution < 1.29 is 26.6 Å². The van der Waals surface area contributed by atoms with Gasteiger partial charge in [-0.1, -0.05) is 60.7 Å². The lowest BCUT2D eigenvalue weighted by molar-refractivity contribution is -0.0459. The minimum atomic E-state index is -4.62. The van der Waals surface area contributed by atoms with E-state index in [1.165, 1.54) is 18.2 Å². The predicted octanol–water partition coefficient (Wildman–Crippen LogP) is 3.54. The van der Waals surface area contributed by atoms with Crippen molar-refractivity contribution in [2.45, 2.75) is 5.79 Å². The summed E-state index contributed by atoms with van der Waals surface area (Å²) in [4.78, 5) is 0. The standard InChI is InChI=1S/C19H14O6S/c20-26(21,22)25-16-11-12-17-18(13-16)24-19(23-17,14-7-3-1-4-8-14)15-9-5-2-6-10-15/h1-13H,(H,20,21,22). The Morgan fingerprint density at radius 2 is 1.31 bits per heavy atom. The molecule has 3 aromatic rings. The first-order chi connectivity index (χ1) is 12.5. The second-order valence-corrected chi connectivity index (χ2v) is 6.69. The van der Waals surface area contributed by atoms with Crippen molar-refractivity contribution in [1.82, 2.24) is 0 Å². The normalized spacial score (nSPS) is 14.8. The van der Waals surface area contributed by atoms with E-state index in [9.17, 15) is 8.42 Å². The van der Waals surface area contributed by atoms with Crippen molar-refractivity contribution in [2.24, 2.45) is 0 Å². The molecule has 0 saturated carbocycles. The van der Waals surface area contributed by atoms with Gasteiger partial charge in [-0.2, -0.15) is 8.42 Å². The summed E-state index contributed by atoms with van der Waals surface area (Å²) < 4.78 is 47.5. The molecule has 3 aromatic carbocycles. The Morgan fingerprint density at radius 1 is 0.769 bits per heavy atom. The summed E-state index contributed by atoms with van der Waals surface area (Å²) in [6.45, 7) is 0. The van der Waals surface area contributed by atoms with Gasteiger partial charge in [0, 0.05) is 17.2 Å². The first kappa shape index (κ1) is 16.4. The molecule has 7 heteroatoms. The number of hydrogen-bond acceptors (Lipinski definition) is 5.